The number of carbonyl (C=O) groups is 2. The summed E-state index contributed by atoms with van der Waals surface area (Å²) in [6, 6.07) is 1.08. The fraction of sp³-hybridized carbons (Fsp3) is 0.500. The molecule has 1 amide bonds. The summed E-state index contributed by atoms with van der Waals surface area (Å²) in [4.78, 5) is 29.5. The molecule has 1 aromatic heterocycles. The van der Waals surface area contributed by atoms with E-state index >= 15 is 0 Å². The predicted molar refractivity (Wildman–Crippen MR) is 63.5 cm³/mol. The minimum atomic E-state index is -4.78. The maximum Gasteiger partial charge on any atom is 0.451 e. The van der Waals surface area contributed by atoms with E-state index in [1.807, 2.05) is 0 Å². The lowest BCUT2D eigenvalue weighted by Crippen LogP contribution is -2.59. The van der Waals surface area contributed by atoms with Crippen LogP contribution >= 0.6 is 0 Å². The van der Waals surface area contributed by atoms with Gasteiger partial charge in [0.1, 0.15) is 11.2 Å². The Morgan fingerprint density at radius 2 is 1.95 bits per heavy atom. The van der Waals surface area contributed by atoms with Crippen LogP contribution in [0.4, 0.5) is 13.2 Å². The van der Waals surface area contributed by atoms with Gasteiger partial charge in [0, 0.05) is 5.69 Å². The van der Waals surface area contributed by atoms with Gasteiger partial charge in [0.15, 0.2) is 0 Å². The summed E-state index contributed by atoms with van der Waals surface area (Å²) < 4.78 is 37.8. The van der Waals surface area contributed by atoms with Crippen LogP contribution in [0.1, 0.15) is 41.3 Å². The average molecular weight is 303 g/mol. The molecule has 1 aliphatic carbocycles. The number of nitrogens with one attached hydrogen (secondary N) is 1. The van der Waals surface area contributed by atoms with Crippen LogP contribution in [0.2, 0.25) is 0 Å². The smallest absolute Gasteiger partial charge is 0.451 e. The highest BCUT2D eigenvalue weighted by Gasteiger charge is 2.46. The van der Waals surface area contributed by atoms with Gasteiger partial charge < -0.3 is 10.4 Å². The van der Waals surface area contributed by atoms with E-state index in [1.165, 1.54) is 6.92 Å². The van der Waals surface area contributed by atoms with Crippen molar-refractivity contribution in [3.8, 4) is 0 Å². The first-order chi connectivity index (χ1) is 9.64. The lowest BCUT2D eigenvalue weighted by Gasteiger charge is -2.38. The van der Waals surface area contributed by atoms with E-state index in [4.69, 9.17) is 5.11 Å². The lowest BCUT2D eigenvalue weighted by atomic mass is 9.76. The summed E-state index contributed by atoms with van der Waals surface area (Å²) in [6.45, 7) is 1.30. The van der Waals surface area contributed by atoms with Crippen LogP contribution in [0.25, 0.3) is 0 Å². The molecule has 1 saturated carbocycles. The molecule has 21 heavy (non-hydrogen) atoms. The minimum Gasteiger partial charge on any atom is -0.480 e. The third kappa shape index (κ3) is 2.96. The first kappa shape index (κ1) is 15.2. The topological polar surface area (TPSA) is 92.2 Å². The maximum atomic E-state index is 12.6. The van der Waals surface area contributed by atoms with E-state index in [9.17, 15) is 22.8 Å². The van der Waals surface area contributed by atoms with Gasteiger partial charge in [-0.2, -0.15) is 13.2 Å². The molecule has 6 nitrogen and oxygen atoms in total. The van der Waals surface area contributed by atoms with Crippen molar-refractivity contribution in [2.24, 2.45) is 0 Å². The average Bonchev–Trinajstić information content (AvgIpc) is 2.31. The molecule has 0 bridgehead atoms. The van der Waals surface area contributed by atoms with Crippen LogP contribution in [0.3, 0.4) is 0 Å². The fourth-order valence-electron chi connectivity index (χ4n) is 2.02. The quantitative estimate of drug-likeness (QED) is 0.883. The van der Waals surface area contributed by atoms with Crippen molar-refractivity contribution in [2.45, 2.75) is 37.9 Å². The summed E-state index contributed by atoms with van der Waals surface area (Å²) >= 11 is 0. The normalized spacial score (nSPS) is 17.0. The Kier molecular flexibility index (Phi) is 3.60. The van der Waals surface area contributed by atoms with Gasteiger partial charge in [-0.15, -0.1) is 0 Å². The van der Waals surface area contributed by atoms with E-state index in [2.05, 4.69) is 15.3 Å². The Bertz CT molecular complexity index is 597. The van der Waals surface area contributed by atoms with E-state index in [-0.39, 0.29) is 18.5 Å². The van der Waals surface area contributed by atoms with E-state index in [0.29, 0.717) is 6.42 Å². The Balaban J connectivity index is 2.28. The number of aromatic nitrogens is 2. The summed E-state index contributed by atoms with van der Waals surface area (Å²) in [5.74, 6) is -3.58. The van der Waals surface area contributed by atoms with Crippen molar-refractivity contribution >= 4 is 11.9 Å². The highest BCUT2D eigenvalue weighted by Crippen LogP contribution is 2.32. The van der Waals surface area contributed by atoms with Gasteiger partial charge in [0.2, 0.25) is 5.82 Å². The zero-order valence-corrected chi connectivity index (χ0v) is 11.0. The first-order valence-electron chi connectivity index (χ1n) is 6.13. The van der Waals surface area contributed by atoms with Crippen molar-refractivity contribution in [3.05, 3.63) is 23.3 Å². The third-order valence-electron chi connectivity index (χ3n) is 3.31. The van der Waals surface area contributed by atoms with Gasteiger partial charge in [0.05, 0.1) is 0 Å². The molecule has 114 valence electrons. The largest absolute Gasteiger partial charge is 0.480 e. The second kappa shape index (κ2) is 4.97. The van der Waals surface area contributed by atoms with Gasteiger partial charge in [-0.25, -0.2) is 14.8 Å². The molecule has 0 radical (unpaired) electrons. The SMILES string of the molecule is Cc1cc(C(=O)NC2(C(=O)O)CCC2)nc(C(F)(F)F)n1. The molecular formula is C12H12F3N3O3. The van der Waals surface area contributed by atoms with E-state index < -0.39 is 35.1 Å². The van der Waals surface area contributed by atoms with Crippen LogP contribution in [0, 0.1) is 6.92 Å². The predicted octanol–water partition coefficient (Wildman–Crippen LogP) is 1.54. The fourth-order valence-corrected chi connectivity index (χ4v) is 2.02. The Labute approximate surface area is 117 Å². The van der Waals surface area contributed by atoms with Crippen molar-refractivity contribution in [3.63, 3.8) is 0 Å². The molecule has 1 fully saturated rings. The molecule has 1 aliphatic rings. The number of rotatable bonds is 3. The summed E-state index contributed by atoms with van der Waals surface area (Å²) in [5.41, 5.74) is -1.93. The number of hydrogen-bond donors (Lipinski definition) is 2. The van der Waals surface area contributed by atoms with Gasteiger partial charge in [-0.1, -0.05) is 0 Å². The number of hydrogen-bond acceptors (Lipinski definition) is 4. The van der Waals surface area contributed by atoms with Crippen LogP contribution in [0.5, 0.6) is 0 Å². The molecule has 0 saturated heterocycles. The Hall–Kier alpha value is -2.19. The molecule has 0 unspecified atom stereocenters. The number of carboxylic acids is 1. The molecule has 0 aromatic carbocycles. The van der Waals surface area contributed by atoms with E-state index in [1.54, 1.807) is 0 Å². The van der Waals surface area contributed by atoms with Crippen molar-refractivity contribution in [2.75, 3.05) is 0 Å². The highest BCUT2D eigenvalue weighted by atomic mass is 19.4. The van der Waals surface area contributed by atoms with Crippen molar-refractivity contribution < 1.29 is 27.9 Å². The van der Waals surface area contributed by atoms with Crippen molar-refractivity contribution in [1.82, 2.24) is 15.3 Å². The summed E-state index contributed by atoms with van der Waals surface area (Å²) in [7, 11) is 0. The molecule has 0 aliphatic heterocycles. The number of alkyl halides is 3. The van der Waals surface area contributed by atoms with Crippen LogP contribution in [-0.2, 0) is 11.0 Å². The molecule has 0 atom stereocenters. The zero-order valence-electron chi connectivity index (χ0n) is 11.0. The number of amides is 1. The number of aryl methyl sites for hydroxylation is 1. The lowest BCUT2D eigenvalue weighted by molar-refractivity contribution is -0.148. The summed E-state index contributed by atoms with van der Waals surface area (Å²) in [6.07, 6.45) is -3.67. The molecule has 2 rings (SSSR count). The number of aliphatic carboxylic acids is 1. The summed E-state index contributed by atoms with van der Waals surface area (Å²) in [5, 5.41) is 11.3. The van der Waals surface area contributed by atoms with Gasteiger partial charge >= 0.3 is 12.1 Å². The van der Waals surface area contributed by atoms with Gasteiger partial charge in [0.25, 0.3) is 5.91 Å². The van der Waals surface area contributed by atoms with E-state index in [0.717, 1.165) is 6.07 Å². The molecule has 2 N–H and O–H groups in total. The number of halogens is 3. The monoisotopic (exact) mass is 303 g/mol. The third-order valence-corrected chi connectivity index (χ3v) is 3.31. The maximum absolute atomic E-state index is 12.6. The number of carbonyl (C=O) groups excluding carboxylic acids is 1. The van der Waals surface area contributed by atoms with Crippen LogP contribution < -0.4 is 5.32 Å². The second-order valence-corrected chi connectivity index (χ2v) is 4.91. The Morgan fingerprint density at radius 3 is 2.38 bits per heavy atom. The molecule has 0 spiro atoms. The molecule has 1 aromatic rings. The minimum absolute atomic E-state index is 0.0274. The zero-order chi connectivity index (χ0) is 15.8. The van der Waals surface area contributed by atoms with Crippen molar-refractivity contribution in [1.29, 1.82) is 0 Å². The second-order valence-electron chi connectivity index (χ2n) is 4.91. The molecular weight excluding hydrogens is 291 g/mol. The molecule has 1 heterocycles. The van der Waals surface area contributed by atoms with Gasteiger partial charge in [-0.05, 0) is 32.3 Å². The first-order valence-corrected chi connectivity index (χ1v) is 6.13. The van der Waals surface area contributed by atoms with Crippen LogP contribution in [0.15, 0.2) is 6.07 Å². The number of carboxylic acid groups (broad SMARTS) is 1. The standard InChI is InChI=1S/C12H12F3N3O3/c1-6-5-7(17-9(16-6)12(13,14)15)8(19)18-11(10(20)21)3-2-4-11/h5H,2-4H2,1H3,(H,18,19)(H,20,21). The number of nitrogens with zero attached hydrogens (tertiary/aromatic N) is 2. The van der Waals surface area contributed by atoms with Gasteiger partial charge in [-0.3, -0.25) is 4.79 Å². The Morgan fingerprint density at radius 1 is 1.33 bits per heavy atom. The van der Waals surface area contributed by atoms with Crippen LogP contribution in [-0.4, -0.2) is 32.5 Å². The molecule has 9 heteroatoms. The highest BCUT2D eigenvalue weighted by molar-refractivity contribution is 5.96.